The lowest BCUT2D eigenvalue weighted by Crippen LogP contribution is -2.59. The zero-order valence-corrected chi connectivity index (χ0v) is 10.6. The highest BCUT2D eigenvalue weighted by Crippen LogP contribution is 2.37. The highest BCUT2D eigenvalue weighted by Gasteiger charge is 2.47. The van der Waals surface area contributed by atoms with E-state index in [-0.39, 0.29) is 5.97 Å². The average molecular weight is 225 g/mol. The molecule has 0 amide bonds. The van der Waals surface area contributed by atoms with Gasteiger partial charge < -0.3 is 4.74 Å². The van der Waals surface area contributed by atoms with E-state index in [0.717, 1.165) is 12.8 Å². The number of nitrogens with one attached hydrogen (secondary N) is 1. The summed E-state index contributed by atoms with van der Waals surface area (Å²) in [6, 6.07) is 0. The monoisotopic (exact) mass is 225 g/mol. The number of methoxy groups -OCH3 is 1. The fourth-order valence-corrected chi connectivity index (χ4v) is 2.67. The summed E-state index contributed by atoms with van der Waals surface area (Å²) in [5.41, 5.74) is -0.513. The predicted octanol–water partition coefficient (Wildman–Crippen LogP) is 2.13. The molecular weight excluding hydrogens is 202 g/mol. The summed E-state index contributed by atoms with van der Waals surface area (Å²) < 4.78 is 4.97. The van der Waals surface area contributed by atoms with Crippen LogP contribution in [0.15, 0.2) is 12.7 Å². The molecule has 0 saturated heterocycles. The van der Waals surface area contributed by atoms with Gasteiger partial charge in [0.2, 0.25) is 0 Å². The zero-order chi connectivity index (χ0) is 12.2. The Morgan fingerprint density at radius 1 is 1.56 bits per heavy atom. The molecule has 0 aromatic rings. The lowest BCUT2D eigenvalue weighted by Gasteiger charge is -2.43. The molecule has 1 saturated carbocycles. The molecule has 3 nitrogen and oxygen atoms in total. The molecule has 1 aliphatic rings. The quantitative estimate of drug-likeness (QED) is 0.588. The van der Waals surface area contributed by atoms with Gasteiger partial charge in [-0.05, 0) is 24.7 Å². The van der Waals surface area contributed by atoms with Crippen molar-refractivity contribution in [2.45, 2.75) is 38.6 Å². The van der Waals surface area contributed by atoms with Gasteiger partial charge in [-0.25, -0.2) is 0 Å². The van der Waals surface area contributed by atoms with Crippen LogP contribution < -0.4 is 5.32 Å². The minimum absolute atomic E-state index is 0.131. The normalized spacial score (nSPS) is 34.4. The second-order valence-corrected chi connectivity index (χ2v) is 4.92. The van der Waals surface area contributed by atoms with Crippen LogP contribution in [0.1, 0.15) is 33.1 Å². The van der Waals surface area contributed by atoms with Gasteiger partial charge >= 0.3 is 5.97 Å². The van der Waals surface area contributed by atoms with Gasteiger partial charge in [0, 0.05) is 6.54 Å². The van der Waals surface area contributed by atoms with Crippen molar-refractivity contribution in [3.8, 4) is 0 Å². The van der Waals surface area contributed by atoms with Gasteiger partial charge in [-0.1, -0.05) is 26.3 Å². The van der Waals surface area contributed by atoms with Crippen LogP contribution >= 0.6 is 0 Å². The van der Waals surface area contributed by atoms with E-state index in [9.17, 15) is 4.79 Å². The molecule has 0 aliphatic heterocycles. The summed E-state index contributed by atoms with van der Waals surface area (Å²) >= 11 is 0. The minimum Gasteiger partial charge on any atom is -0.468 e. The van der Waals surface area contributed by atoms with Crippen LogP contribution in [0.3, 0.4) is 0 Å². The second-order valence-electron chi connectivity index (χ2n) is 4.92. The first-order chi connectivity index (χ1) is 7.56. The van der Waals surface area contributed by atoms with Crippen molar-refractivity contribution >= 4 is 5.97 Å². The van der Waals surface area contributed by atoms with E-state index in [0.29, 0.717) is 18.4 Å². The van der Waals surface area contributed by atoms with Crippen molar-refractivity contribution in [2.24, 2.45) is 11.8 Å². The molecule has 1 N–H and O–H groups in total. The van der Waals surface area contributed by atoms with Gasteiger partial charge in [0.1, 0.15) is 5.54 Å². The van der Waals surface area contributed by atoms with E-state index < -0.39 is 5.54 Å². The van der Waals surface area contributed by atoms with E-state index in [1.54, 1.807) is 6.08 Å². The molecule has 0 spiro atoms. The van der Waals surface area contributed by atoms with Gasteiger partial charge in [-0.2, -0.15) is 0 Å². The van der Waals surface area contributed by atoms with E-state index in [1.165, 1.54) is 13.5 Å². The number of hydrogen-bond donors (Lipinski definition) is 1. The highest BCUT2D eigenvalue weighted by atomic mass is 16.5. The summed E-state index contributed by atoms with van der Waals surface area (Å²) in [5, 5.41) is 3.32. The number of ether oxygens (including phenoxy) is 1. The SMILES string of the molecule is C=CCNC1(C(=O)OC)CC(C)CCC1C. The average Bonchev–Trinajstić information content (AvgIpc) is 2.29. The van der Waals surface area contributed by atoms with E-state index in [2.05, 4.69) is 25.7 Å². The Kier molecular flexibility index (Phi) is 4.54. The summed E-state index contributed by atoms with van der Waals surface area (Å²) in [7, 11) is 1.46. The first-order valence-corrected chi connectivity index (χ1v) is 6.01. The van der Waals surface area contributed by atoms with Crippen LogP contribution in [0, 0.1) is 11.8 Å². The third-order valence-electron chi connectivity index (χ3n) is 3.72. The molecule has 3 heteroatoms. The van der Waals surface area contributed by atoms with Gasteiger partial charge in [0.15, 0.2) is 0 Å². The van der Waals surface area contributed by atoms with Crippen LogP contribution in [-0.2, 0) is 9.53 Å². The lowest BCUT2D eigenvalue weighted by atomic mass is 9.69. The molecule has 3 atom stereocenters. The summed E-state index contributed by atoms with van der Waals surface area (Å²) in [6.07, 6.45) is 4.90. The summed E-state index contributed by atoms with van der Waals surface area (Å²) in [4.78, 5) is 12.0. The third-order valence-corrected chi connectivity index (χ3v) is 3.72. The number of carbonyl (C=O) groups excluding carboxylic acids is 1. The molecule has 0 heterocycles. The van der Waals surface area contributed by atoms with Crippen molar-refractivity contribution in [3.05, 3.63) is 12.7 Å². The van der Waals surface area contributed by atoms with E-state index in [1.807, 2.05) is 0 Å². The molecule has 16 heavy (non-hydrogen) atoms. The van der Waals surface area contributed by atoms with Gasteiger partial charge in [-0.15, -0.1) is 6.58 Å². The van der Waals surface area contributed by atoms with Gasteiger partial charge in [0.25, 0.3) is 0 Å². The number of hydrogen-bond acceptors (Lipinski definition) is 3. The summed E-state index contributed by atoms with van der Waals surface area (Å²) in [6.45, 7) is 8.65. The Morgan fingerprint density at radius 2 is 2.25 bits per heavy atom. The van der Waals surface area contributed by atoms with Crippen LogP contribution in [-0.4, -0.2) is 25.2 Å². The number of rotatable bonds is 4. The molecule has 3 unspecified atom stereocenters. The van der Waals surface area contributed by atoms with Crippen LogP contribution in [0.4, 0.5) is 0 Å². The van der Waals surface area contributed by atoms with Crippen LogP contribution in [0.2, 0.25) is 0 Å². The summed E-state index contributed by atoms with van der Waals surface area (Å²) in [5.74, 6) is 0.747. The Morgan fingerprint density at radius 3 is 2.81 bits per heavy atom. The Balaban J connectivity index is 2.89. The van der Waals surface area contributed by atoms with Gasteiger partial charge in [-0.3, -0.25) is 10.1 Å². The molecule has 0 aromatic heterocycles. The zero-order valence-electron chi connectivity index (χ0n) is 10.6. The third kappa shape index (κ3) is 2.46. The first kappa shape index (κ1) is 13.2. The fourth-order valence-electron chi connectivity index (χ4n) is 2.67. The standard InChI is InChI=1S/C13H23NO2/c1-5-8-14-13(12(15)16-4)9-10(2)6-7-11(13)3/h5,10-11,14H,1,6-9H2,2-4H3. The predicted molar refractivity (Wildman–Crippen MR) is 65.1 cm³/mol. The molecule has 92 valence electrons. The fraction of sp³-hybridized carbons (Fsp3) is 0.769. The van der Waals surface area contributed by atoms with Crippen molar-refractivity contribution in [2.75, 3.05) is 13.7 Å². The van der Waals surface area contributed by atoms with Crippen molar-refractivity contribution in [3.63, 3.8) is 0 Å². The molecule has 1 rings (SSSR count). The molecule has 1 fully saturated rings. The van der Waals surface area contributed by atoms with Crippen molar-refractivity contribution < 1.29 is 9.53 Å². The first-order valence-electron chi connectivity index (χ1n) is 6.01. The largest absolute Gasteiger partial charge is 0.468 e. The lowest BCUT2D eigenvalue weighted by molar-refractivity contribution is -0.153. The molecule has 0 radical (unpaired) electrons. The maximum absolute atomic E-state index is 12.0. The molecular formula is C13H23NO2. The Bertz CT molecular complexity index is 265. The maximum Gasteiger partial charge on any atom is 0.326 e. The van der Waals surface area contributed by atoms with Gasteiger partial charge in [0.05, 0.1) is 7.11 Å². The number of carbonyl (C=O) groups is 1. The number of esters is 1. The maximum atomic E-state index is 12.0. The van der Waals surface area contributed by atoms with Crippen LogP contribution in [0.25, 0.3) is 0 Å². The smallest absolute Gasteiger partial charge is 0.326 e. The Hall–Kier alpha value is -0.830. The van der Waals surface area contributed by atoms with Crippen molar-refractivity contribution in [1.82, 2.24) is 5.32 Å². The molecule has 1 aliphatic carbocycles. The minimum atomic E-state index is -0.513. The second kappa shape index (κ2) is 5.48. The Labute approximate surface area is 98.2 Å². The topological polar surface area (TPSA) is 38.3 Å². The van der Waals surface area contributed by atoms with Crippen molar-refractivity contribution in [1.29, 1.82) is 0 Å². The van der Waals surface area contributed by atoms with Crippen LogP contribution in [0.5, 0.6) is 0 Å². The van der Waals surface area contributed by atoms with E-state index in [4.69, 9.17) is 4.74 Å². The molecule has 0 bridgehead atoms. The van der Waals surface area contributed by atoms with E-state index >= 15 is 0 Å². The molecule has 0 aromatic carbocycles. The highest BCUT2D eigenvalue weighted by molar-refractivity contribution is 5.81.